The number of rotatable bonds is 6. The molecule has 0 heterocycles. The van der Waals surface area contributed by atoms with Crippen molar-refractivity contribution in [2.75, 3.05) is 19.0 Å². The Morgan fingerprint density at radius 3 is 2.29 bits per heavy atom. The van der Waals surface area contributed by atoms with Crippen molar-refractivity contribution in [3.05, 3.63) is 59.7 Å². The predicted molar refractivity (Wildman–Crippen MR) is 125 cm³/mol. The van der Waals surface area contributed by atoms with Crippen molar-refractivity contribution in [1.29, 1.82) is 0 Å². The summed E-state index contributed by atoms with van der Waals surface area (Å²) in [4.78, 5) is 27.4. The second-order valence-electron chi connectivity index (χ2n) is 9.36. The summed E-state index contributed by atoms with van der Waals surface area (Å²) in [6, 6.07) is 15.2. The summed E-state index contributed by atoms with van der Waals surface area (Å²) < 4.78 is 5.64. The number of amides is 2. The molecular weight excluding hydrogens is 388 g/mol. The number of carbonyl (C=O) groups excluding carboxylic acids is 2. The lowest BCUT2D eigenvalue weighted by Gasteiger charge is -2.31. The first kappa shape index (κ1) is 22.9. The summed E-state index contributed by atoms with van der Waals surface area (Å²) in [6.07, 6.45) is 5.64. The quantitative estimate of drug-likeness (QED) is 0.677. The summed E-state index contributed by atoms with van der Waals surface area (Å²) in [7, 11) is 1.86. The van der Waals surface area contributed by atoms with Gasteiger partial charge in [-0.05, 0) is 48.1 Å². The fourth-order valence-corrected chi connectivity index (χ4v) is 3.99. The molecule has 1 fully saturated rings. The predicted octanol–water partition coefficient (Wildman–Crippen LogP) is 5.41. The Hall–Kier alpha value is -2.82. The van der Waals surface area contributed by atoms with Crippen molar-refractivity contribution in [1.82, 2.24) is 4.90 Å². The van der Waals surface area contributed by atoms with E-state index in [4.69, 9.17) is 4.74 Å². The summed E-state index contributed by atoms with van der Waals surface area (Å²) >= 11 is 0. The van der Waals surface area contributed by atoms with Gasteiger partial charge in [-0.15, -0.1) is 0 Å². The molecule has 0 aliphatic heterocycles. The second kappa shape index (κ2) is 9.99. The van der Waals surface area contributed by atoms with Crippen LogP contribution < -0.4 is 10.1 Å². The standard InChI is InChI=1S/C26H34N2O3/c1-26(2,3)19-14-16-21(17-15-19)31-18-24(29)27-23-13-9-8-12-22(23)25(30)28(4)20-10-6-5-7-11-20/h8-9,12-17,20H,5-7,10-11,18H2,1-4H3,(H,27,29). The fraction of sp³-hybridized carbons (Fsp3) is 0.462. The molecule has 1 saturated carbocycles. The lowest BCUT2D eigenvalue weighted by Crippen LogP contribution is -2.38. The Balaban J connectivity index is 1.61. The number of benzene rings is 2. The second-order valence-corrected chi connectivity index (χ2v) is 9.36. The van der Waals surface area contributed by atoms with Gasteiger partial charge in [-0.25, -0.2) is 0 Å². The molecule has 0 unspecified atom stereocenters. The van der Waals surface area contributed by atoms with Gasteiger partial charge < -0.3 is 15.0 Å². The summed E-state index contributed by atoms with van der Waals surface area (Å²) in [5.41, 5.74) is 2.31. The van der Waals surface area contributed by atoms with Gasteiger partial charge in [0.25, 0.3) is 11.8 Å². The Bertz CT molecular complexity index is 894. The lowest BCUT2D eigenvalue weighted by atomic mass is 9.87. The highest BCUT2D eigenvalue weighted by atomic mass is 16.5. The first-order valence-electron chi connectivity index (χ1n) is 11.1. The van der Waals surface area contributed by atoms with Gasteiger partial charge in [0, 0.05) is 13.1 Å². The van der Waals surface area contributed by atoms with E-state index in [9.17, 15) is 9.59 Å². The Kier molecular flexibility index (Phi) is 7.37. The molecule has 0 aromatic heterocycles. The minimum atomic E-state index is -0.291. The van der Waals surface area contributed by atoms with E-state index in [0.29, 0.717) is 17.0 Å². The van der Waals surface area contributed by atoms with Gasteiger partial charge in [0.1, 0.15) is 5.75 Å². The minimum Gasteiger partial charge on any atom is -0.484 e. The van der Waals surface area contributed by atoms with Crippen molar-refractivity contribution < 1.29 is 14.3 Å². The maximum atomic E-state index is 13.1. The number of nitrogens with one attached hydrogen (secondary N) is 1. The Labute approximate surface area is 185 Å². The van der Waals surface area contributed by atoms with Crippen LogP contribution >= 0.6 is 0 Å². The Morgan fingerprint density at radius 2 is 1.65 bits per heavy atom. The fourth-order valence-electron chi connectivity index (χ4n) is 3.99. The van der Waals surface area contributed by atoms with Gasteiger partial charge in [-0.1, -0.05) is 64.3 Å². The molecule has 2 amide bonds. The maximum absolute atomic E-state index is 13.1. The van der Waals surface area contributed by atoms with Crippen molar-refractivity contribution in [2.24, 2.45) is 0 Å². The first-order chi connectivity index (χ1) is 14.8. The van der Waals surface area contributed by atoms with E-state index >= 15 is 0 Å². The van der Waals surface area contributed by atoms with Crippen molar-refractivity contribution >= 4 is 17.5 Å². The van der Waals surface area contributed by atoms with E-state index in [-0.39, 0.29) is 29.9 Å². The van der Waals surface area contributed by atoms with Crippen LogP contribution in [0.25, 0.3) is 0 Å². The van der Waals surface area contributed by atoms with E-state index in [2.05, 4.69) is 26.1 Å². The molecule has 0 saturated heterocycles. The third kappa shape index (κ3) is 6.09. The van der Waals surface area contributed by atoms with Gasteiger partial charge in [-0.2, -0.15) is 0 Å². The first-order valence-corrected chi connectivity index (χ1v) is 11.1. The van der Waals surface area contributed by atoms with Crippen LogP contribution in [0, 0.1) is 0 Å². The zero-order chi connectivity index (χ0) is 22.4. The normalized spacial score (nSPS) is 14.7. The topological polar surface area (TPSA) is 58.6 Å². The molecule has 0 spiro atoms. The smallest absolute Gasteiger partial charge is 0.262 e. The summed E-state index contributed by atoms with van der Waals surface area (Å²) in [5, 5.41) is 2.84. The van der Waals surface area contributed by atoms with Crippen molar-refractivity contribution in [3.8, 4) is 5.75 Å². The molecule has 1 aliphatic rings. The van der Waals surface area contributed by atoms with Gasteiger partial charge >= 0.3 is 0 Å². The van der Waals surface area contributed by atoms with E-state index in [1.165, 1.54) is 12.0 Å². The van der Waals surface area contributed by atoms with Crippen LogP contribution in [0.4, 0.5) is 5.69 Å². The molecule has 5 nitrogen and oxygen atoms in total. The van der Waals surface area contributed by atoms with Crippen LogP contribution in [0.1, 0.15) is 68.8 Å². The van der Waals surface area contributed by atoms with Gasteiger partial charge in [0.15, 0.2) is 6.61 Å². The van der Waals surface area contributed by atoms with Crippen LogP contribution in [0.15, 0.2) is 48.5 Å². The number of carbonyl (C=O) groups is 2. The third-order valence-electron chi connectivity index (χ3n) is 5.96. The average Bonchev–Trinajstić information content (AvgIpc) is 2.77. The molecule has 2 aromatic carbocycles. The molecular formula is C26H34N2O3. The Morgan fingerprint density at radius 1 is 1.00 bits per heavy atom. The summed E-state index contributed by atoms with van der Waals surface area (Å²) in [6.45, 7) is 6.35. The monoisotopic (exact) mass is 422 g/mol. The van der Waals surface area contributed by atoms with Gasteiger partial charge in [0.05, 0.1) is 11.3 Å². The van der Waals surface area contributed by atoms with Crippen LogP contribution in [0.5, 0.6) is 5.75 Å². The SMILES string of the molecule is CN(C(=O)c1ccccc1NC(=O)COc1ccc(C(C)(C)C)cc1)C1CCCCC1. The lowest BCUT2D eigenvalue weighted by molar-refractivity contribution is -0.118. The molecule has 0 bridgehead atoms. The van der Waals surface area contributed by atoms with Gasteiger partial charge in [0.2, 0.25) is 0 Å². The van der Waals surface area contributed by atoms with E-state index in [0.717, 1.165) is 25.7 Å². The van der Waals surface area contributed by atoms with Crippen molar-refractivity contribution in [2.45, 2.75) is 64.3 Å². The minimum absolute atomic E-state index is 0.0542. The number of ether oxygens (including phenoxy) is 1. The van der Waals surface area contributed by atoms with E-state index < -0.39 is 0 Å². The number of hydrogen-bond acceptors (Lipinski definition) is 3. The zero-order valence-electron chi connectivity index (χ0n) is 19.1. The van der Waals surface area contributed by atoms with Gasteiger partial charge in [-0.3, -0.25) is 9.59 Å². The molecule has 0 atom stereocenters. The maximum Gasteiger partial charge on any atom is 0.262 e. The van der Waals surface area contributed by atoms with Crippen LogP contribution in [-0.4, -0.2) is 36.4 Å². The highest BCUT2D eigenvalue weighted by Gasteiger charge is 2.25. The van der Waals surface area contributed by atoms with E-state index in [1.807, 2.05) is 48.3 Å². The number of hydrogen-bond donors (Lipinski definition) is 1. The number of para-hydroxylation sites is 1. The van der Waals surface area contributed by atoms with E-state index in [1.54, 1.807) is 12.1 Å². The van der Waals surface area contributed by atoms with Crippen molar-refractivity contribution in [3.63, 3.8) is 0 Å². The highest BCUT2D eigenvalue weighted by molar-refractivity contribution is 6.04. The molecule has 0 radical (unpaired) electrons. The molecule has 166 valence electrons. The molecule has 5 heteroatoms. The average molecular weight is 423 g/mol. The number of nitrogens with zero attached hydrogens (tertiary/aromatic N) is 1. The summed E-state index contributed by atoms with van der Waals surface area (Å²) in [5.74, 6) is 0.298. The molecule has 1 N–H and O–H groups in total. The highest BCUT2D eigenvalue weighted by Crippen LogP contribution is 2.26. The largest absolute Gasteiger partial charge is 0.484 e. The van der Waals surface area contributed by atoms with Crippen LogP contribution in [0.2, 0.25) is 0 Å². The third-order valence-corrected chi connectivity index (χ3v) is 5.96. The molecule has 1 aliphatic carbocycles. The molecule has 3 rings (SSSR count). The molecule has 2 aromatic rings. The van der Waals surface area contributed by atoms with Crippen LogP contribution in [0.3, 0.4) is 0 Å². The molecule has 31 heavy (non-hydrogen) atoms. The zero-order valence-corrected chi connectivity index (χ0v) is 19.1. The van der Waals surface area contributed by atoms with Crippen LogP contribution in [-0.2, 0) is 10.2 Å². The number of anilines is 1.